The Balaban J connectivity index is 2.29. The van der Waals surface area contributed by atoms with Gasteiger partial charge in [0.25, 0.3) is 0 Å². The summed E-state index contributed by atoms with van der Waals surface area (Å²) in [7, 11) is 0. The molecule has 0 amide bonds. The number of rotatable bonds is 7. The summed E-state index contributed by atoms with van der Waals surface area (Å²) in [5, 5.41) is 3.33. The lowest BCUT2D eigenvalue weighted by atomic mass is 10.0. The maximum atomic E-state index is 13.0. The summed E-state index contributed by atoms with van der Waals surface area (Å²) in [6, 6.07) is 4.45. The van der Waals surface area contributed by atoms with E-state index < -0.39 is 11.6 Å². The number of hydrogen-bond acceptors (Lipinski definition) is 1. The van der Waals surface area contributed by atoms with E-state index in [4.69, 9.17) is 0 Å². The summed E-state index contributed by atoms with van der Waals surface area (Å²) >= 11 is 0. The normalized spacial score (nSPS) is 13.0. The molecule has 18 heavy (non-hydrogen) atoms. The molecule has 0 aliphatic carbocycles. The van der Waals surface area contributed by atoms with Gasteiger partial charge in [-0.3, -0.25) is 0 Å². The number of hydrogen-bond donors (Lipinski definition) is 1. The first-order chi connectivity index (χ1) is 8.49. The molecular weight excluding hydrogens is 232 g/mol. The molecule has 1 nitrogen and oxygen atoms in total. The quantitative estimate of drug-likeness (QED) is 0.767. The third-order valence-corrected chi connectivity index (χ3v) is 3.06. The molecular formula is C15H23F2N. The van der Waals surface area contributed by atoms with Gasteiger partial charge in [-0.25, -0.2) is 8.78 Å². The van der Waals surface area contributed by atoms with Gasteiger partial charge in [0, 0.05) is 12.6 Å². The Morgan fingerprint density at radius 1 is 1.06 bits per heavy atom. The first-order valence-electron chi connectivity index (χ1n) is 6.66. The van der Waals surface area contributed by atoms with Crippen molar-refractivity contribution in [2.45, 2.75) is 52.6 Å². The van der Waals surface area contributed by atoms with Crippen molar-refractivity contribution in [3.05, 3.63) is 35.4 Å². The molecule has 0 heterocycles. The van der Waals surface area contributed by atoms with Crippen molar-refractivity contribution < 1.29 is 8.78 Å². The van der Waals surface area contributed by atoms with Crippen LogP contribution in [0.25, 0.3) is 0 Å². The Labute approximate surface area is 109 Å². The molecule has 1 atom stereocenters. The maximum Gasteiger partial charge on any atom is 0.159 e. The van der Waals surface area contributed by atoms with E-state index in [-0.39, 0.29) is 0 Å². The minimum atomic E-state index is -0.788. The van der Waals surface area contributed by atoms with Crippen molar-refractivity contribution >= 4 is 0 Å². The largest absolute Gasteiger partial charge is 0.310 e. The lowest BCUT2D eigenvalue weighted by Crippen LogP contribution is -2.25. The van der Waals surface area contributed by atoms with Gasteiger partial charge < -0.3 is 5.32 Å². The minimum Gasteiger partial charge on any atom is -0.310 e. The van der Waals surface area contributed by atoms with E-state index >= 15 is 0 Å². The van der Waals surface area contributed by atoms with Crippen molar-refractivity contribution in [1.29, 1.82) is 0 Å². The van der Waals surface area contributed by atoms with E-state index in [0.717, 1.165) is 17.9 Å². The monoisotopic (exact) mass is 255 g/mol. The predicted molar refractivity (Wildman–Crippen MR) is 71.3 cm³/mol. The lowest BCUT2D eigenvalue weighted by Gasteiger charge is -2.14. The smallest absolute Gasteiger partial charge is 0.159 e. The molecule has 1 rings (SSSR count). The summed E-state index contributed by atoms with van der Waals surface area (Å²) in [6.07, 6.45) is 3.54. The summed E-state index contributed by atoms with van der Waals surface area (Å²) in [5.41, 5.74) is 0.782. The summed E-state index contributed by atoms with van der Waals surface area (Å²) in [5.74, 6) is -0.825. The highest BCUT2D eigenvalue weighted by Crippen LogP contribution is 2.10. The summed E-state index contributed by atoms with van der Waals surface area (Å²) in [4.78, 5) is 0. The minimum absolute atomic E-state index is 0.400. The highest BCUT2D eigenvalue weighted by atomic mass is 19.2. The van der Waals surface area contributed by atoms with E-state index in [1.165, 1.54) is 25.0 Å². The standard InChI is InChI=1S/C15H23F2N/c1-11(2)5-4-6-12(3)18-10-13-7-8-14(16)15(17)9-13/h7-9,11-12,18H,4-6,10H2,1-3H3. The van der Waals surface area contributed by atoms with E-state index in [1.54, 1.807) is 6.07 Å². The molecule has 0 aromatic heterocycles. The zero-order valence-corrected chi connectivity index (χ0v) is 11.5. The number of benzene rings is 1. The second-order valence-corrected chi connectivity index (χ2v) is 5.36. The lowest BCUT2D eigenvalue weighted by molar-refractivity contribution is 0.455. The molecule has 0 fully saturated rings. The van der Waals surface area contributed by atoms with Gasteiger partial charge in [-0.2, -0.15) is 0 Å². The van der Waals surface area contributed by atoms with Crippen molar-refractivity contribution in [2.75, 3.05) is 0 Å². The third-order valence-electron chi connectivity index (χ3n) is 3.06. The summed E-state index contributed by atoms with van der Waals surface area (Å²) in [6.45, 7) is 7.15. The maximum absolute atomic E-state index is 13.0. The van der Waals surface area contributed by atoms with Crippen LogP contribution in [0.3, 0.4) is 0 Å². The van der Waals surface area contributed by atoms with Crippen LogP contribution in [-0.2, 0) is 6.54 Å². The second kappa shape index (κ2) is 7.47. The molecule has 3 heteroatoms. The van der Waals surface area contributed by atoms with Gasteiger partial charge in [0.15, 0.2) is 11.6 Å². The molecule has 1 N–H and O–H groups in total. The van der Waals surface area contributed by atoms with E-state index in [0.29, 0.717) is 12.6 Å². The molecule has 0 bridgehead atoms. The number of nitrogens with one attached hydrogen (secondary N) is 1. The van der Waals surface area contributed by atoms with Gasteiger partial charge >= 0.3 is 0 Å². The van der Waals surface area contributed by atoms with Gasteiger partial charge in [-0.15, -0.1) is 0 Å². The van der Waals surface area contributed by atoms with Gasteiger partial charge in [0.1, 0.15) is 0 Å². The highest BCUT2D eigenvalue weighted by Gasteiger charge is 2.05. The molecule has 0 saturated carbocycles. The van der Waals surface area contributed by atoms with E-state index in [9.17, 15) is 8.78 Å². The van der Waals surface area contributed by atoms with Crippen LogP contribution in [0.4, 0.5) is 8.78 Å². The molecule has 1 aromatic rings. The fourth-order valence-corrected chi connectivity index (χ4v) is 1.88. The molecule has 0 aliphatic rings. The van der Waals surface area contributed by atoms with Gasteiger partial charge in [-0.1, -0.05) is 32.8 Å². The van der Waals surface area contributed by atoms with Crippen molar-refractivity contribution in [2.24, 2.45) is 5.92 Å². The van der Waals surface area contributed by atoms with E-state index in [2.05, 4.69) is 26.1 Å². The first-order valence-corrected chi connectivity index (χ1v) is 6.66. The molecule has 102 valence electrons. The van der Waals surface area contributed by atoms with E-state index in [1.807, 2.05) is 0 Å². The van der Waals surface area contributed by atoms with Crippen LogP contribution < -0.4 is 5.32 Å². The van der Waals surface area contributed by atoms with Gasteiger partial charge in [-0.05, 0) is 37.0 Å². The SMILES string of the molecule is CC(C)CCCC(C)NCc1ccc(F)c(F)c1. The Morgan fingerprint density at radius 2 is 1.78 bits per heavy atom. The zero-order chi connectivity index (χ0) is 13.5. The van der Waals surface area contributed by atoms with Crippen molar-refractivity contribution in [3.63, 3.8) is 0 Å². The molecule has 1 aromatic carbocycles. The molecule has 1 unspecified atom stereocenters. The van der Waals surface area contributed by atoms with Crippen LogP contribution in [-0.4, -0.2) is 6.04 Å². The third kappa shape index (κ3) is 5.58. The Hall–Kier alpha value is -0.960. The molecule has 0 aliphatic heterocycles. The fraction of sp³-hybridized carbons (Fsp3) is 0.600. The Kier molecular flexibility index (Phi) is 6.27. The van der Waals surface area contributed by atoms with Crippen molar-refractivity contribution in [3.8, 4) is 0 Å². The average molecular weight is 255 g/mol. The Bertz CT molecular complexity index is 364. The Morgan fingerprint density at radius 3 is 2.39 bits per heavy atom. The zero-order valence-electron chi connectivity index (χ0n) is 11.5. The van der Waals surface area contributed by atoms with Gasteiger partial charge in [0.05, 0.1) is 0 Å². The predicted octanol–water partition coefficient (Wildman–Crippen LogP) is 4.27. The molecule has 0 radical (unpaired) electrons. The van der Waals surface area contributed by atoms with Crippen molar-refractivity contribution in [1.82, 2.24) is 5.32 Å². The highest BCUT2D eigenvalue weighted by molar-refractivity contribution is 5.17. The van der Waals surface area contributed by atoms with Crippen LogP contribution in [0.15, 0.2) is 18.2 Å². The summed E-state index contributed by atoms with van der Waals surface area (Å²) < 4.78 is 25.7. The van der Waals surface area contributed by atoms with Crippen LogP contribution in [0.2, 0.25) is 0 Å². The fourth-order valence-electron chi connectivity index (χ4n) is 1.88. The van der Waals surface area contributed by atoms with Crippen LogP contribution in [0.5, 0.6) is 0 Å². The van der Waals surface area contributed by atoms with Gasteiger partial charge in [0.2, 0.25) is 0 Å². The average Bonchev–Trinajstić information content (AvgIpc) is 2.30. The molecule has 0 saturated heterocycles. The first kappa shape index (κ1) is 15.1. The topological polar surface area (TPSA) is 12.0 Å². The van der Waals surface area contributed by atoms with Crippen LogP contribution >= 0.6 is 0 Å². The van der Waals surface area contributed by atoms with Crippen LogP contribution in [0.1, 0.15) is 45.6 Å². The number of halogens is 2. The molecule has 0 spiro atoms. The van der Waals surface area contributed by atoms with Crippen LogP contribution in [0, 0.1) is 17.6 Å². The second-order valence-electron chi connectivity index (χ2n) is 5.36.